The second-order valence-electron chi connectivity index (χ2n) is 7.17. The molecule has 3 nitrogen and oxygen atoms in total. The number of likely N-dealkylation sites (N-methyl/N-ethyl adjacent to an activating group) is 1. The van der Waals surface area contributed by atoms with Gasteiger partial charge in [-0.1, -0.05) is 26.7 Å². The Bertz CT molecular complexity index is 263. The number of hydrogen-bond acceptors (Lipinski definition) is 3. The van der Waals surface area contributed by atoms with Gasteiger partial charge in [-0.25, -0.2) is 0 Å². The van der Waals surface area contributed by atoms with Crippen molar-refractivity contribution in [2.45, 2.75) is 64.0 Å². The fourth-order valence-corrected chi connectivity index (χ4v) is 4.05. The Kier molecular flexibility index (Phi) is 5.27. The summed E-state index contributed by atoms with van der Waals surface area (Å²) in [5.74, 6) is 0.776. The lowest BCUT2D eigenvalue weighted by atomic mass is 9.84. The van der Waals surface area contributed by atoms with Crippen molar-refractivity contribution in [3.63, 3.8) is 0 Å². The van der Waals surface area contributed by atoms with Gasteiger partial charge in [0.15, 0.2) is 0 Å². The summed E-state index contributed by atoms with van der Waals surface area (Å²) in [6.07, 6.45) is 8.10. The van der Waals surface area contributed by atoms with Gasteiger partial charge in [0.2, 0.25) is 0 Å². The zero-order chi connectivity index (χ0) is 13.9. The fraction of sp³-hybridized carbons (Fsp3) is 1.00. The maximum atomic E-state index is 6.19. The van der Waals surface area contributed by atoms with Gasteiger partial charge in [0.1, 0.15) is 0 Å². The number of hydrogen-bond donors (Lipinski definition) is 1. The molecule has 2 aliphatic rings. The van der Waals surface area contributed by atoms with Crippen LogP contribution < -0.4 is 5.73 Å². The van der Waals surface area contributed by atoms with Gasteiger partial charge in [0.05, 0.1) is 0 Å². The van der Waals surface area contributed by atoms with E-state index in [1.165, 1.54) is 58.2 Å². The molecular formula is C16H33N3. The Morgan fingerprint density at radius 3 is 2.26 bits per heavy atom. The molecule has 0 bridgehead atoms. The van der Waals surface area contributed by atoms with Crippen LogP contribution in [0.1, 0.15) is 52.4 Å². The summed E-state index contributed by atoms with van der Waals surface area (Å²) in [5.41, 5.74) is 6.47. The Morgan fingerprint density at radius 2 is 1.79 bits per heavy atom. The minimum atomic E-state index is 0.280. The van der Waals surface area contributed by atoms with E-state index in [2.05, 4.69) is 30.7 Å². The molecule has 1 aliphatic heterocycles. The lowest BCUT2D eigenvalue weighted by Crippen LogP contribution is -2.60. The molecular weight excluding hydrogens is 234 g/mol. The monoisotopic (exact) mass is 267 g/mol. The maximum absolute atomic E-state index is 6.19. The zero-order valence-corrected chi connectivity index (χ0v) is 13.2. The average Bonchev–Trinajstić information content (AvgIpc) is 2.92. The summed E-state index contributed by atoms with van der Waals surface area (Å²) in [4.78, 5) is 5.29. The van der Waals surface area contributed by atoms with E-state index in [1.807, 2.05) is 0 Å². The highest BCUT2D eigenvalue weighted by molar-refractivity contribution is 4.98. The fourth-order valence-electron chi connectivity index (χ4n) is 4.05. The van der Waals surface area contributed by atoms with Crippen molar-refractivity contribution in [3.8, 4) is 0 Å². The summed E-state index contributed by atoms with van der Waals surface area (Å²) in [6.45, 7) is 9.16. The Morgan fingerprint density at radius 1 is 1.21 bits per heavy atom. The van der Waals surface area contributed by atoms with E-state index < -0.39 is 0 Å². The van der Waals surface area contributed by atoms with Crippen molar-refractivity contribution in [3.05, 3.63) is 0 Å². The van der Waals surface area contributed by atoms with E-state index in [4.69, 9.17) is 5.73 Å². The van der Waals surface area contributed by atoms with Crippen LogP contribution >= 0.6 is 0 Å². The lowest BCUT2D eigenvalue weighted by molar-refractivity contribution is 0.0153. The predicted molar refractivity (Wildman–Crippen MR) is 82.3 cm³/mol. The number of likely N-dealkylation sites (tertiary alicyclic amines) is 1. The largest absolute Gasteiger partial charge is 0.329 e. The molecule has 0 atom stereocenters. The van der Waals surface area contributed by atoms with Crippen LogP contribution in [0.15, 0.2) is 0 Å². The first-order valence-electron chi connectivity index (χ1n) is 8.23. The van der Waals surface area contributed by atoms with Crippen LogP contribution in [-0.2, 0) is 0 Å². The molecule has 112 valence electrons. The predicted octanol–water partition coefficient (Wildman–Crippen LogP) is 2.31. The second kappa shape index (κ2) is 6.55. The molecule has 2 rings (SSSR count). The molecule has 2 fully saturated rings. The summed E-state index contributed by atoms with van der Waals surface area (Å²) in [5, 5.41) is 0. The SMILES string of the molecule is CC(C)CN1CCC(CN)(N(C)C2CCCC2)CC1. The van der Waals surface area contributed by atoms with Crippen molar-refractivity contribution < 1.29 is 0 Å². The van der Waals surface area contributed by atoms with Crippen molar-refractivity contribution in [2.75, 3.05) is 33.2 Å². The molecule has 1 aliphatic carbocycles. The van der Waals surface area contributed by atoms with Crippen LogP contribution in [0.3, 0.4) is 0 Å². The molecule has 1 saturated heterocycles. The molecule has 19 heavy (non-hydrogen) atoms. The van der Waals surface area contributed by atoms with Crippen LogP contribution in [0.25, 0.3) is 0 Å². The van der Waals surface area contributed by atoms with Gasteiger partial charge < -0.3 is 10.6 Å². The van der Waals surface area contributed by atoms with Crippen LogP contribution in [0.5, 0.6) is 0 Å². The number of nitrogens with zero attached hydrogens (tertiary/aromatic N) is 2. The number of rotatable bonds is 5. The molecule has 0 radical (unpaired) electrons. The third-order valence-electron chi connectivity index (χ3n) is 5.41. The van der Waals surface area contributed by atoms with E-state index in [9.17, 15) is 0 Å². The Balaban J connectivity index is 1.93. The van der Waals surface area contributed by atoms with Gasteiger partial charge >= 0.3 is 0 Å². The van der Waals surface area contributed by atoms with Crippen LogP contribution in [0.2, 0.25) is 0 Å². The van der Waals surface area contributed by atoms with E-state index in [1.54, 1.807) is 0 Å². The summed E-state index contributed by atoms with van der Waals surface area (Å²) >= 11 is 0. The van der Waals surface area contributed by atoms with Gasteiger partial charge in [-0.2, -0.15) is 0 Å². The quantitative estimate of drug-likeness (QED) is 0.829. The Hall–Kier alpha value is -0.120. The van der Waals surface area contributed by atoms with Gasteiger partial charge in [-0.15, -0.1) is 0 Å². The molecule has 0 amide bonds. The smallest absolute Gasteiger partial charge is 0.0355 e. The third kappa shape index (κ3) is 3.50. The van der Waals surface area contributed by atoms with Gasteiger partial charge in [0.25, 0.3) is 0 Å². The third-order valence-corrected chi connectivity index (χ3v) is 5.41. The standard InChI is InChI=1S/C16H33N3/c1-14(2)12-19-10-8-16(13-17,9-11-19)18(3)15-6-4-5-7-15/h14-15H,4-13,17H2,1-3H3. The molecule has 0 aromatic carbocycles. The van der Waals surface area contributed by atoms with Gasteiger partial charge in [-0.3, -0.25) is 4.90 Å². The second-order valence-corrected chi connectivity index (χ2v) is 7.17. The average molecular weight is 267 g/mol. The van der Waals surface area contributed by atoms with E-state index in [-0.39, 0.29) is 5.54 Å². The molecule has 1 saturated carbocycles. The molecule has 2 N–H and O–H groups in total. The van der Waals surface area contributed by atoms with Crippen molar-refractivity contribution in [2.24, 2.45) is 11.7 Å². The number of piperidine rings is 1. The minimum Gasteiger partial charge on any atom is -0.329 e. The normalized spacial score (nSPS) is 25.6. The van der Waals surface area contributed by atoms with E-state index in [0.717, 1.165) is 18.5 Å². The first kappa shape index (κ1) is 15.3. The summed E-state index contributed by atoms with van der Waals surface area (Å²) < 4.78 is 0. The lowest BCUT2D eigenvalue weighted by Gasteiger charge is -2.49. The highest BCUT2D eigenvalue weighted by atomic mass is 15.2. The highest BCUT2D eigenvalue weighted by Crippen LogP contribution is 2.34. The highest BCUT2D eigenvalue weighted by Gasteiger charge is 2.40. The molecule has 3 heteroatoms. The molecule has 1 heterocycles. The first-order valence-corrected chi connectivity index (χ1v) is 8.23. The maximum Gasteiger partial charge on any atom is 0.0355 e. The molecule has 0 unspecified atom stereocenters. The topological polar surface area (TPSA) is 32.5 Å². The van der Waals surface area contributed by atoms with Crippen LogP contribution in [-0.4, -0.2) is 54.6 Å². The number of nitrogens with two attached hydrogens (primary N) is 1. The minimum absolute atomic E-state index is 0.280. The first-order chi connectivity index (χ1) is 9.07. The van der Waals surface area contributed by atoms with E-state index in [0.29, 0.717) is 0 Å². The van der Waals surface area contributed by atoms with Gasteiger partial charge in [-0.05, 0) is 51.7 Å². The Labute approximate surface area is 119 Å². The van der Waals surface area contributed by atoms with Crippen molar-refractivity contribution in [1.29, 1.82) is 0 Å². The molecule has 0 aromatic rings. The summed E-state index contributed by atoms with van der Waals surface area (Å²) in [6, 6.07) is 0.792. The van der Waals surface area contributed by atoms with Gasteiger partial charge in [0, 0.05) is 24.7 Å². The van der Waals surface area contributed by atoms with E-state index >= 15 is 0 Å². The zero-order valence-electron chi connectivity index (χ0n) is 13.2. The van der Waals surface area contributed by atoms with Crippen molar-refractivity contribution >= 4 is 0 Å². The van der Waals surface area contributed by atoms with Crippen LogP contribution in [0, 0.1) is 5.92 Å². The summed E-state index contributed by atoms with van der Waals surface area (Å²) in [7, 11) is 2.33. The van der Waals surface area contributed by atoms with Crippen LogP contribution in [0.4, 0.5) is 0 Å². The molecule has 0 aromatic heterocycles. The van der Waals surface area contributed by atoms with Crippen molar-refractivity contribution in [1.82, 2.24) is 9.80 Å². The molecule has 0 spiro atoms.